The molecule has 0 unspecified atom stereocenters. The van der Waals surface area contributed by atoms with Gasteiger partial charge in [0.2, 0.25) is 5.91 Å². The van der Waals surface area contributed by atoms with Crippen molar-refractivity contribution in [2.45, 2.75) is 32.0 Å². The summed E-state index contributed by atoms with van der Waals surface area (Å²) in [5, 5.41) is 9.51. The molecule has 0 aliphatic carbocycles. The molecule has 0 aliphatic heterocycles. The van der Waals surface area contributed by atoms with Crippen molar-refractivity contribution in [3.63, 3.8) is 0 Å². The van der Waals surface area contributed by atoms with E-state index in [-0.39, 0.29) is 23.3 Å². The van der Waals surface area contributed by atoms with Gasteiger partial charge in [-0.15, -0.1) is 0 Å². The lowest BCUT2D eigenvalue weighted by atomic mass is 10.0. The number of aliphatic hydroxyl groups excluding tert-OH is 1. The Morgan fingerprint density at radius 3 is 2.12 bits per heavy atom. The Labute approximate surface area is 242 Å². The molecule has 0 fully saturated rings. The van der Waals surface area contributed by atoms with Gasteiger partial charge >= 0.3 is 12.4 Å². The number of aliphatic hydroxyl groups is 1. The normalized spacial score (nSPS) is 11.8. The molecule has 0 atom stereocenters. The Balaban J connectivity index is 1.67. The first-order valence-electron chi connectivity index (χ1n) is 12.4. The molecule has 3 aromatic carbocycles. The molecule has 42 heavy (non-hydrogen) atoms. The van der Waals surface area contributed by atoms with Crippen LogP contribution in [-0.2, 0) is 36.8 Å². The number of ether oxygens (including phenoxy) is 1. The van der Waals surface area contributed by atoms with Crippen molar-refractivity contribution in [1.29, 1.82) is 0 Å². The number of aromatic nitrogens is 1. The summed E-state index contributed by atoms with van der Waals surface area (Å²) < 4.78 is 86.3. The van der Waals surface area contributed by atoms with Gasteiger partial charge in [0, 0.05) is 24.8 Å². The number of carbonyl (C=O) groups is 1. The third kappa shape index (κ3) is 7.80. The maximum atomic E-state index is 13.4. The Morgan fingerprint density at radius 1 is 0.833 bits per heavy atom. The second-order valence-corrected chi connectivity index (χ2v) is 9.61. The lowest BCUT2D eigenvalue weighted by molar-refractivity contribution is -0.143. The zero-order valence-corrected chi connectivity index (χ0v) is 22.5. The summed E-state index contributed by atoms with van der Waals surface area (Å²) in [5.74, 6) is -0.422. The molecule has 0 aliphatic rings. The third-order valence-corrected chi connectivity index (χ3v) is 6.58. The van der Waals surface area contributed by atoms with Crippen LogP contribution in [0.2, 0.25) is 5.15 Å². The van der Waals surface area contributed by atoms with Crippen molar-refractivity contribution < 1.29 is 41.0 Å². The van der Waals surface area contributed by atoms with Gasteiger partial charge in [0.25, 0.3) is 0 Å². The van der Waals surface area contributed by atoms with Crippen molar-refractivity contribution in [3.8, 4) is 16.9 Å². The lowest BCUT2D eigenvalue weighted by Crippen LogP contribution is -2.33. The molecule has 12 heteroatoms. The van der Waals surface area contributed by atoms with E-state index in [9.17, 15) is 36.2 Å². The second-order valence-electron chi connectivity index (χ2n) is 9.25. The number of alkyl halides is 6. The van der Waals surface area contributed by atoms with Crippen molar-refractivity contribution in [2.75, 3.05) is 6.61 Å². The number of halogens is 7. The molecule has 0 saturated carbocycles. The van der Waals surface area contributed by atoms with Gasteiger partial charge in [-0.1, -0.05) is 54.1 Å². The highest BCUT2D eigenvalue weighted by molar-refractivity contribution is 6.30. The standard InChI is InChI=1S/C30H23ClF6N2O3/c31-28-26(25(9-10-38-28)21-7-4-8-24(13-21)42-18-19-5-2-1-3-6-19)16-39(27(41)17-40)15-20-11-22(29(32,33)34)14-23(12-20)30(35,36)37/h1-14,40H,15-18H2. The van der Waals surface area contributed by atoms with Gasteiger partial charge in [-0.25, -0.2) is 4.98 Å². The van der Waals surface area contributed by atoms with E-state index in [0.717, 1.165) is 10.5 Å². The Hall–Kier alpha value is -4.09. The minimum Gasteiger partial charge on any atom is -0.489 e. The number of hydrogen-bond donors (Lipinski definition) is 1. The number of hydrogen-bond acceptors (Lipinski definition) is 4. The molecule has 0 spiro atoms. The predicted octanol–water partition coefficient (Wildman–Crippen LogP) is 7.54. The summed E-state index contributed by atoms with van der Waals surface area (Å²) >= 11 is 6.39. The first-order valence-corrected chi connectivity index (χ1v) is 12.8. The van der Waals surface area contributed by atoms with Crippen LogP contribution in [0.3, 0.4) is 0 Å². The smallest absolute Gasteiger partial charge is 0.416 e. The SMILES string of the molecule is O=C(CO)N(Cc1cc(C(F)(F)F)cc(C(F)(F)F)c1)Cc1c(-c2cccc(OCc3ccccc3)c2)ccnc1Cl. The molecule has 4 aromatic rings. The van der Waals surface area contributed by atoms with Gasteiger partial charge < -0.3 is 14.7 Å². The highest BCUT2D eigenvalue weighted by Crippen LogP contribution is 2.37. The quantitative estimate of drug-likeness (QED) is 0.158. The summed E-state index contributed by atoms with van der Waals surface area (Å²) in [4.78, 5) is 17.6. The zero-order chi connectivity index (χ0) is 30.5. The number of amides is 1. The van der Waals surface area contributed by atoms with Crippen LogP contribution in [0.5, 0.6) is 5.75 Å². The highest BCUT2D eigenvalue weighted by atomic mass is 35.5. The Kier molecular flexibility index (Phi) is 9.43. The first-order chi connectivity index (χ1) is 19.8. The van der Waals surface area contributed by atoms with Crippen LogP contribution >= 0.6 is 11.6 Å². The van der Waals surface area contributed by atoms with Gasteiger partial charge in [0.15, 0.2) is 0 Å². The van der Waals surface area contributed by atoms with Crippen LogP contribution < -0.4 is 4.74 Å². The highest BCUT2D eigenvalue weighted by Gasteiger charge is 2.37. The minimum atomic E-state index is -5.06. The van der Waals surface area contributed by atoms with Crippen molar-refractivity contribution in [2.24, 2.45) is 0 Å². The summed E-state index contributed by atoms with van der Waals surface area (Å²) in [5.41, 5.74) is -1.16. The fourth-order valence-corrected chi connectivity index (χ4v) is 4.45. The molecular formula is C30H23ClF6N2O3. The monoisotopic (exact) mass is 608 g/mol. The van der Waals surface area contributed by atoms with E-state index in [1.165, 1.54) is 6.20 Å². The molecule has 1 heterocycles. The number of benzene rings is 3. The molecular weight excluding hydrogens is 586 g/mol. The molecule has 1 aromatic heterocycles. The van der Waals surface area contributed by atoms with E-state index in [1.54, 1.807) is 30.3 Å². The molecule has 1 N–H and O–H groups in total. The molecule has 1 amide bonds. The van der Waals surface area contributed by atoms with E-state index in [2.05, 4.69) is 4.98 Å². The fraction of sp³-hybridized carbons (Fsp3) is 0.200. The van der Waals surface area contributed by atoms with E-state index < -0.39 is 48.1 Å². The maximum Gasteiger partial charge on any atom is 0.416 e. The van der Waals surface area contributed by atoms with E-state index in [0.29, 0.717) is 35.6 Å². The van der Waals surface area contributed by atoms with Crippen molar-refractivity contribution in [1.82, 2.24) is 9.88 Å². The van der Waals surface area contributed by atoms with Crippen LogP contribution in [0.4, 0.5) is 26.3 Å². The number of rotatable bonds is 9. The maximum absolute atomic E-state index is 13.4. The van der Waals surface area contributed by atoms with Gasteiger partial charge in [-0.3, -0.25) is 4.79 Å². The summed E-state index contributed by atoms with van der Waals surface area (Å²) in [6.45, 7) is -1.78. The van der Waals surface area contributed by atoms with Gasteiger partial charge in [-0.05, 0) is 58.7 Å². The molecule has 220 valence electrons. The van der Waals surface area contributed by atoms with Gasteiger partial charge in [0.1, 0.15) is 24.1 Å². The van der Waals surface area contributed by atoms with Crippen LogP contribution in [0.15, 0.2) is 85.1 Å². The average molecular weight is 609 g/mol. The lowest BCUT2D eigenvalue weighted by Gasteiger charge is -2.25. The van der Waals surface area contributed by atoms with E-state index in [4.69, 9.17) is 16.3 Å². The third-order valence-electron chi connectivity index (χ3n) is 6.25. The van der Waals surface area contributed by atoms with Crippen LogP contribution in [-0.4, -0.2) is 27.5 Å². The molecule has 0 radical (unpaired) electrons. The largest absolute Gasteiger partial charge is 0.489 e. The number of nitrogens with zero attached hydrogens (tertiary/aromatic N) is 2. The predicted molar refractivity (Wildman–Crippen MR) is 143 cm³/mol. The van der Waals surface area contributed by atoms with Gasteiger partial charge in [0.05, 0.1) is 11.1 Å². The fourth-order valence-electron chi connectivity index (χ4n) is 4.24. The summed E-state index contributed by atoms with van der Waals surface area (Å²) in [6, 6.07) is 19.0. The Bertz CT molecular complexity index is 1510. The van der Waals surface area contributed by atoms with Crippen molar-refractivity contribution >= 4 is 17.5 Å². The molecule has 0 saturated heterocycles. The Morgan fingerprint density at radius 2 is 1.50 bits per heavy atom. The summed E-state index contributed by atoms with van der Waals surface area (Å²) in [6.07, 6.45) is -8.70. The topological polar surface area (TPSA) is 62.7 Å². The van der Waals surface area contributed by atoms with Crippen LogP contribution in [0.1, 0.15) is 27.8 Å². The first kappa shape index (κ1) is 30.9. The van der Waals surface area contributed by atoms with E-state index in [1.807, 2.05) is 30.3 Å². The number of carbonyl (C=O) groups excluding carboxylic acids is 1. The molecule has 4 rings (SSSR count). The van der Waals surface area contributed by atoms with Crippen LogP contribution in [0, 0.1) is 0 Å². The zero-order valence-electron chi connectivity index (χ0n) is 21.7. The van der Waals surface area contributed by atoms with Crippen molar-refractivity contribution in [3.05, 3.63) is 118 Å². The second kappa shape index (κ2) is 12.8. The molecule has 0 bridgehead atoms. The minimum absolute atomic E-state index is 0.00461. The van der Waals surface area contributed by atoms with Gasteiger partial charge in [-0.2, -0.15) is 26.3 Å². The molecule has 5 nitrogen and oxygen atoms in total. The van der Waals surface area contributed by atoms with E-state index >= 15 is 0 Å². The summed E-state index contributed by atoms with van der Waals surface area (Å²) in [7, 11) is 0. The number of pyridine rings is 1. The van der Waals surface area contributed by atoms with Crippen LogP contribution in [0.25, 0.3) is 11.1 Å². The average Bonchev–Trinajstić information content (AvgIpc) is 2.96.